The second kappa shape index (κ2) is 5.37. The molecule has 2 fully saturated rings. The molecule has 18 heavy (non-hydrogen) atoms. The van der Waals surface area contributed by atoms with E-state index in [1.807, 2.05) is 12.4 Å². The minimum atomic E-state index is 0.850. The van der Waals surface area contributed by atoms with Gasteiger partial charge >= 0.3 is 0 Å². The van der Waals surface area contributed by atoms with Crippen LogP contribution in [0.15, 0.2) is 18.5 Å². The van der Waals surface area contributed by atoms with Gasteiger partial charge in [0, 0.05) is 31.5 Å². The summed E-state index contributed by atoms with van der Waals surface area (Å²) in [6, 6.07) is 3.15. The van der Waals surface area contributed by atoms with Crippen molar-refractivity contribution in [3.05, 3.63) is 29.6 Å². The van der Waals surface area contributed by atoms with Crippen molar-refractivity contribution in [1.82, 2.24) is 15.2 Å². The molecule has 1 atom stereocenters. The standard InChI is InChI=1S/C15H23N3/c1-12-6-14(9-16-7-12)10-17-8-13-4-5-18(11-13)15-2-3-15/h6-7,9,13,15,17H,2-5,8,10-11H2,1H3. The molecule has 0 bridgehead atoms. The third-order valence-electron chi connectivity index (χ3n) is 4.07. The number of rotatable bonds is 5. The number of likely N-dealkylation sites (tertiary alicyclic amines) is 1. The van der Waals surface area contributed by atoms with E-state index in [2.05, 4.69) is 28.2 Å². The van der Waals surface area contributed by atoms with Gasteiger partial charge in [0.2, 0.25) is 0 Å². The highest BCUT2D eigenvalue weighted by Gasteiger charge is 2.33. The Labute approximate surface area is 110 Å². The minimum Gasteiger partial charge on any atom is -0.312 e. The van der Waals surface area contributed by atoms with Gasteiger partial charge < -0.3 is 10.2 Å². The Kier molecular flexibility index (Phi) is 3.62. The fraction of sp³-hybridized carbons (Fsp3) is 0.667. The smallest absolute Gasteiger partial charge is 0.0313 e. The fourth-order valence-electron chi connectivity index (χ4n) is 2.94. The van der Waals surface area contributed by atoms with Crippen molar-refractivity contribution in [3.8, 4) is 0 Å². The third-order valence-corrected chi connectivity index (χ3v) is 4.07. The number of hydrogen-bond acceptors (Lipinski definition) is 3. The van der Waals surface area contributed by atoms with Gasteiger partial charge in [-0.15, -0.1) is 0 Å². The monoisotopic (exact) mass is 245 g/mol. The zero-order valence-corrected chi connectivity index (χ0v) is 11.2. The van der Waals surface area contributed by atoms with Gasteiger partial charge in [0.1, 0.15) is 0 Å². The first kappa shape index (κ1) is 12.1. The number of pyridine rings is 1. The van der Waals surface area contributed by atoms with Gasteiger partial charge in [0.25, 0.3) is 0 Å². The average Bonchev–Trinajstić information content (AvgIpc) is 3.10. The highest BCUT2D eigenvalue weighted by atomic mass is 15.2. The van der Waals surface area contributed by atoms with Crippen molar-refractivity contribution < 1.29 is 0 Å². The predicted molar refractivity (Wildman–Crippen MR) is 73.4 cm³/mol. The Bertz CT molecular complexity index is 400. The SMILES string of the molecule is Cc1cncc(CNCC2CCN(C3CC3)C2)c1. The minimum absolute atomic E-state index is 0.850. The fourth-order valence-corrected chi connectivity index (χ4v) is 2.94. The van der Waals surface area contributed by atoms with Crippen LogP contribution in [0.2, 0.25) is 0 Å². The maximum Gasteiger partial charge on any atom is 0.0313 e. The summed E-state index contributed by atoms with van der Waals surface area (Å²) in [6.45, 7) is 6.83. The summed E-state index contributed by atoms with van der Waals surface area (Å²) in [5.41, 5.74) is 2.54. The highest BCUT2D eigenvalue weighted by molar-refractivity contribution is 5.16. The maximum absolute atomic E-state index is 4.23. The Morgan fingerprint density at radius 2 is 2.22 bits per heavy atom. The van der Waals surface area contributed by atoms with E-state index in [1.54, 1.807) is 0 Å². The zero-order chi connectivity index (χ0) is 12.4. The molecule has 2 aliphatic rings. The molecule has 1 aromatic heterocycles. The lowest BCUT2D eigenvalue weighted by molar-refractivity contribution is 0.312. The summed E-state index contributed by atoms with van der Waals surface area (Å²) in [7, 11) is 0. The quantitative estimate of drug-likeness (QED) is 0.859. The predicted octanol–water partition coefficient (Wildman–Crippen LogP) is 1.96. The van der Waals surface area contributed by atoms with Crippen LogP contribution in [0.4, 0.5) is 0 Å². The van der Waals surface area contributed by atoms with Crippen LogP contribution in [0.5, 0.6) is 0 Å². The molecule has 2 heterocycles. The second-order valence-electron chi connectivity index (χ2n) is 5.88. The second-order valence-corrected chi connectivity index (χ2v) is 5.88. The molecular formula is C15H23N3. The van der Waals surface area contributed by atoms with Crippen molar-refractivity contribution in [2.45, 2.75) is 38.8 Å². The van der Waals surface area contributed by atoms with Gasteiger partial charge in [0.05, 0.1) is 0 Å². The van der Waals surface area contributed by atoms with E-state index in [0.29, 0.717) is 0 Å². The maximum atomic E-state index is 4.23. The van der Waals surface area contributed by atoms with Crippen molar-refractivity contribution >= 4 is 0 Å². The third kappa shape index (κ3) is 3.09. The van der Waals surface area contributed by atoms with Crippen LogP contribution in [0.25, 0.3) is 0 Å². The van der Waals surface area contributed by atoms with E-state index < -0.39 is 0 Å². The number of aryl methyl sites for hydroxylation is 1. The first-order valence-corrected chi connectivity index (χ1v) is 7.16. The normalized spacial score (nSPS) is 24.6. The summed E-state index contributed by atoms with van der Waals surface area (Å²) in [6.07, 6.45) is 8.12. The van der Waals surface area contributed by atoms with E-state index in [0.717, 1.165) is 25.0 Å². The molecule has 3 heteroatoms. The molecule has 1 N–H and O–H groups in total. The Balaban J connectivity index is 1.39. The van der Waals surface area contributed by atoms with Gasteiger partial charge in [0.15, 0.2) is 0 Å². The van der Waals surface area contributed by atoms with Crippen LogP contribution in [-0.2, 0) is 6.54 Å². The first-order chi connectivity index (χ1) is 8.81. The lowest BCUT2D eigenvalue weighted by Crippen LogP contribution is -2.27. The molecular weight excluding hydrogens is 222 g/mol. The molecule has 3 nitrogen and oxygen atoms in total. The molecule has 1 aliphatic carbocycles. The Hall–Kier alpha value is -0.930. The number of hydrogen-bond donors (Lipinski definition) is 1. The summed E-state index contributed by atoms with van der Waals surface area (Å²) >= 11 is 0. The number of nitrogens with zero attached hydrogens (tertiary/aromatic N) is 2. The van der Waals surface area contributed by atoms with Crippen LogP contribution in [0.1, 0.15) is 30.4 Å². The van der Waals surface area contributed by atoms with E-state index in [9.17, 15) is 0 Å². The van der Waals surface area contributed by atoms with Gasteiger partial charge in [-0.25, -0.2) is 0 Å². The topological polar surface area (TPSA) is 28.2 Å². The van der Waals surface area contributed by atoms with Gasteiger partial charge in [-0.1, -0.05) is 6.07 Å². The van der Waals surface area contributed by atoms with Crippen LogP contribution in [0.3, 0.4) is 0 Å². The van der Waals surface area contributed by atoms with Crippen LogP contribution in [0, 0.1) is 12.8 Å². The summed E-state index contributed by atoms with van der Waals surface area (Å²) in [5, 5.41) is 3.58. The van der Waals surface area contributed by atoms with Gasteiger partial charge in [-0.3, -0.25) is 4.98 Å². The lowest BCUT2D eigenvalue weighted by atomic mass is 10.1. The van der Waals surface area contributed by atoms with E-state index in [-0.39, 0.29) is 0 Å². The van der Waals surface area contributed by atoms with E-state index >= 15 is 0 Å². The van der Waals surface area contributed by atoms with Crippen molar-refractivity contribution in [1.29, 1.82) is 0 Å². The molecule has 1 aromatic rings. The van der Waals surface area contributed by atoms with Crippen molar-refractivity contribution in [3.63, 3.8) is 0 Å². The molecule has 1 saturated carbocycles. The van der Waals surface area contributed by atoms with Crippen molar-refractivity contribution in [2.75, 3.05) is 19.6 Å². The van der Waals surface area contributed by atoms with Crippen molar-refractivity contribution in [2.24, 2.45) is 5.92 Å². The molecule has 1 aliphatic heterocycles. The van der Waals surface area contributed by atoms with E-state index in [1.165, 1.54) is 43.5 Å². The van der Waals surface area contributed by atoms with Crippen LogP contribution < -0.4 is 5.32 Å². The zero-order valence-electron chi connectivity index (χ0n) is 11.2. The summed E-state index contributed by atoms with van der Waals surface area (Å²) in [4.78, 5) is 6.91. The van der Waals surface area contributed by atoms with Crippen LogP contribution >= 0.6 is 0 Å². The molecule has 1 saturated heterocycles. The summed E-state index contributed by atoms with van der Waals surface area (Å²) < 4.78 is 0. The summed E-state index contributed by atoms with van der Waals surface area (Å²) in [5.74, 6) is 0.850. The molecule has 0 amide bonds. The molecule has 0 radical (unpaired) electrons. The van der Waals surface area contributed by atoms with Gasteiger partial charge in [-0.05, 0) is 56.3 Å². The van der Waals surface area contributed by atoms with E-state index in [4.69, 9.17) is 0 Å². The lowest BCUT2D eigenvalue weighted by Gasteiger charge is -2.15. The van der Waals surface area contributed by atoms with Gasteiger partial charge in [-0.2, -0.15) is 0 Å². The Morgan fingerprint density at radius 1 is 1.33 bits per heavy atom. The average molecular weight is 245 g/mol. The number of nitrogens with one attached hydrogen (secondary N) is 1. The molecule has 0 spiro atoms. The Morgan fingerprint density at radius 3 is 3.00 bits per heavy atom. The highest BCUT2D eigenvalue weighted by Crippen LogP contribution is 2.31. The number of aromatic nitrogens is 1. The largest absolute Gasteiger partial charge is 0.312 e. The molecule has 0 aromatic carbocycles. The molecule has 3 rings (SSSR count). The molecule has 98 valence electrons. The van der Waals surface area contributed by atoms with Crippen LogP contribution in [-0.4, -0.2) is 35.6 Å². The first-order valence-electron chi connectivity index (χ1n) is 7.16. The molecule has 1 unspecified atom stereocenters.